The Morgan fingerprint density at radius 1 is 1.50 bits per heavy atom. The topological polar surface area (TPSA) is 17.1 Å². The van der Waals surface area contributed by atoms with Crippen molar-refractivity contribution in [3.63, 3.8) is 0 Å². The fourth-order valence-electron chi connectivity index (χ4n) is 1.62. The number of rotatable bonds is 4. The lowest BCUT2D eigenvalue weighted by molar-refractivity contribution is -0.119. The van der Waals surface area contributed by atoms with Crippen LogP contribution in [0.3, 0.4) is 0 Å². The smallest absolute Gasteiger partial charge is 0.149 e. The van der Waals surface area contributed by atoms with Crippen LogP contribution in [0, 0.1) is 5.92 Å². The SMILES string of the molecule is O=C(C(Br)Cc1cccc(Cl)c1Br)C1CC1. The van der Waals surface area contributed by atoms with E-state index in [0.717, 1.165) is 22.9 Å². The summed E-state index contributed by atoms with van der Waals surface area (Å²) in [4.78, 5) is 11.7. The molecule has 0 saturated heterocycles. The molecule has 0 aromatic heterocycles. The van der Waals surface area contributed by atoms with E-state index >= 15 is 0 Å². The van der Waals surface area contributed by atoms with Gasteiger partial charge in [-0.3, -0.25) is 4.79 Å². The average molecular weight is 366 g/mol. The summed E-state index contributed by atoms with van der Waals surface area (Å²) in [5.74, 6) is 0.620. The predicted molar refractivity (Wildman–Crippen MR) is 73.3 cm³/mol. The Bertz CT molecular complexity index is 415. The molecule has 1 aromatic carbocycles. The van der Waals surface area contributed by atoms with Crippen LogP contribution in [0.25, 0.3) is 0 Å². The molecular formula is C12H11Br2ClO. The minimum atomic E-state index is -0.0882. The summed E-state index contributed by atoms with van der Waals surface area (Å²) >= 11 is 12.9. The lowest BCUT2D eigenvalue weighted by Crippen LogP contribution is -2.18. The Balaban J connectivity index is 2.08. The third kappa shape index (κ3) is 2.88. The lowest BCUT2D eigenvalue weighted by Gasteiger charge is -2.10. The lowest BCUT2D eigenvalue weighted by atomic mass is 10.1. The molecule has 0 amide bonds. The number of benzene rings is 1. The van der Waals surface area contributed by atoms with Crippen molar-refractivity contribution in [1.82, 2.24) is 0 Å². The molecule has 1 aliphatic rings. The highest BCUT2D eigenvalue weighted by molar-refractivity contribution is 9.10. The van der Waals surface area contributed by atoms with Crippen molar-refractivity contribution in [1.29, 1.82) is 0 Å². The number of hydrogen-bond acceptors (Lipinski definition) is 1. The molecule has 0 radical (unpaired) electrons. The summed E-state index contributed by atoms with van der Waals surface area (Å²) in [5, 5.41) is 0.691. The van der Waals surface area contributed by atoms with Crippen molar-refractivity contribution in [3.05, 3.63) is 33.3 Å². The summed E-state index contributed by atoms with van der Waals surface area (Å²) in [6.45, 7) is 0. The van der Waals surface area contributed by atoms with Crippen LogP contribution in [0.2, 0.25) is 5.02 Å². The third-order valence-corrected chi connectivity index (χ3v) is 4.97. The zero-order valence-electron chi connectivity index (χ0n) is 8.55. The van der Waals surface area contributed by atoms with E-state index in [1.807, 2.05) is 18.2 Å². The molecule has 1 aliphatic carbocycles. The van der Waals surface area contributed by atoms with Gasteiger partial charge in [0.2, 0.25) is 0 Å². The Morgan fingerprint density at radius 2 is 2.19 bits per heavy atom. The van der Waals surface area contributed by atoms with Crippen LogP contribution in [-0.2, 0) is 11.2 Å². The molecule has 1 saturated carbocycles. The van der Waals surface area contributed by atoms with Crippen LogP contribution in [-0.4, -0.2) is 10.6 Å². The molecule has 86 valence electrons. The second kappa shape index (κ2) is 5.19. The summed E-state index contributed by atoms with van der Waals surface area (Å²) in [6, 6.07) is 5.73. The van der Waals surface area contributed by atoms with E-state index in [4.69, 9.17) is 11.6 Å². The fourth-order valence-corrected chi connectivity index (χ4v) is 2.97. The first-order valence-corrected chi connectivity index (χ1v) is 7.29. The summed E-state index contributed by atoms with van der Waals surface area (Å²) < 4.78 is 0.893. The van der Waals surface area contributed by atoms with Gasteiger partial charge >= 0.3 is 0 Å². The van der Waals surface area contributed by atoms with Crippen molar-refractivity contribution in [2.75, 3.05) is 0 Å². The Labute approximate surface area is 117 Å². The van der Waals surface area contributed by atoms with Gasteiger partial charge < -0.3 is 0 Å². The quantitative estimate of drug-likeness (QED) is 0.723. The molecule has 1 fully saturated rings. The van der Waals surface area contributed by atoms with E-state index in [2.05, 4.69) is 31.9 Å². The maximum absolute atomic E-state index is 11.8. The van der Waals surface area contributed by atoms with Gasteiger partial charge in [0.25, 0.3) is 0 Å². The van der Waals surface area contributed by atoms with Gasteiger partial charge in [0.05, 0.1) is 9.85 Å². The first kappa shape index (κ1) is 12.6. The second-order valence-corrected chi connectivity index (χ2v) is 6.37. The van der Waals surface area contributed by atoms with Crippen molar-refractivity contribution >= 4 is 49.2 Å². The zero-order chi connectivity index (χ0) is 11.7. The number of Topliss-reactive ketones (excluding diaryl/α,β-unsaturated/α-hetero) is 1. The average Bonchev–Trinajstić information content (AvgIpc) is 3.07. The van der Waals surface area contributed by atoms with Crippen LogP contribution >= 0.6 is 43.5 Å². The molecule has 0 aliphatic heterocycles. The van der Waals surface area contributed by atoms with E-state index < -0.39 is 0 Å². The van der Waals surface area contributed by atoms with Gasteiger partial charge in [-0.2, -0.15) is 0 Å². The molecule has 4 heteroatoms. The van der Waals surface area contributed by atoms with Crippen LogP contribution < -0.4 is 0 Å². The highest BCUT2D eigenvalue weighted by Crippen LogP contribution is 2.34. The number of carbonyl (C=O) groups excluding carboxylic acids is 1. The van der Waals surface area contributed by atoms with Crippen LogP contribution in [0.5, 0.6) is 0 Å². The molecule has 1 atom stereocenters. The van der Waals surface area contributed by atoms with Crippen molar-refractivity contribution in [3.8, 4) is 0 Å². The molecule has 1 nitrogen and oxygen atoms in total. The number of alkyl halides is 1. The highest BCUT2D eigenvalue weighted by Gasteiger charge is 2.33. The Morgan fingerprint density at radius 3 is 2.81 bits per heavy atom. The maximum atomic E-state index is 11.8. The number of ketones is 1. The van der Waals surface area contributed by atoms with Gasteiger partial charge in [0, 0.05) is 10.4 Å². The molecule has 1 aromatic rings. The second-order valence-electron chi connectivity index (χ2n) is 4.06. The zero-order valence-corrected chi connectivity index (χ0v) is 12.5. The number of carbonyl (C=O) groups is 1. The van der Waals surface area contributed by atoms with E-state index in [0.29, 0.717) is 23.1 Å². The van der Waals surface area contributed by atoms with Crippen molar-refractivity contribution in [2.45, 2.75) is 24.1 Å². The van der Waals surface area contributed by atoms with Gasteiger partial charge in [-0.25, -0.2) is 0 Å². The van der Waals surface area contributed by atoms with Crippen LogP contribution in [0.1, 0.15) is 18.4 Å². The molecule has 16 heavy (non-hydrogen) atoms. The summed E-state index contributed by atoms with van der Waals surface area (Å²) in [5.41, 5.74) is 1.07. The fraction of sp³-hybridized carbons (Fsp3) is 0.417. The minimum absolute atomic E-state index is 0.0882. The van der Waals surface area contributed by atoms with Crippen molar-refractivity contribution in [2.24, 2.45) is 5.92 Å². The first-order valence-electron chi connectivity index (χ1n) is 5.20. The molecule has 2 rings (SSSR count). The molecule has 0 N–H and O–H groups in total. The van der Waals surface area contributed by atoms with E-state index in [-0.39, 0.29) is 4.83 Å². The normalized spacial score (nSPS) is 17.2. The number of hydrogen-bond donors (Lipinski definition) is 0. The van der Waals surface area contributed by atoms with Crippen LogP contribution in [0.15, 0.2) is 22.7 Å². The monoisotopic (exact) mass is 364 g/mol. The van der Waals surface area contributed by atoms with Gasteiger partial charge in [-0.15, -0.1) is 0 Å². The van der Waals surface area contributed by atoms with E-state index in [1.54, 1.807) is 0 Å². The van der Waals surface area contributed by atoms with Crippen molar-refractivity contribution < 1.29 is 4.79 Å². The van der Waals surface area contributed by atoms with Gasteiger partial charge in [-0.1, -0.05) is 39.7 Å². The van der Waals surface area contributed by atoms with E-state index in [9.17, 15) is 4.79 Å². The minimum Gasteiger partial charge on any atom is -0.298 e. The predicted octanol–water partition coefficient (Wildman–Crippen LogP) is 4.39. The van der Waals surface area contributed by atoms with Gasteiger partial charge in [-0.05, 0) is 46.8 Å². The van der Waals surface area contributed by atoms with E-state index in [1.165, 1.54) is 0 Å². The largest absolute Gasteiger partial charge is 0.298 e. The summed E-state index contributed by atoms with van der Waals surface area (Å²) in [7, 11) is 0. The maximum Gasteiger partial charge on any atom is 0.149 e. The molecule has 1 unspecified atom stereocenters. The first-order chi connectivity index (χ1) is 7.59. The summed E-state index contributed by atoms with van der Waals surface area (Å²) in [6.07, 6.45) is 2.80. The Hall–Kier alpha value is 0.140. The van der Waals surface area contributed by atoms with Crippen LogP contribution in [0.4, 0.5) is 0 Å². The Kier molecular flexibility index (Phi) is 4.09. The highest BCUT2D eigenvalue weighted by atomic mass is 79.9. The standard InChI is InChI=1S/C12H11Br2ClO/c13-9(12(16)7-4-5-7)6-8-2-1-3-10(15)11(8)14/h1-3,7,9H,4-6H2. The molecular weight excluding hydrogens is 355 g/mol. The number of halogens is 3. The molecule has 0 bridgehead atoms. The molecule has 0 heterocycles. The van der Waals surface area contributed by atoms with Gasteiger partial charge in [0.15, 0.2) is 0 Å². The van der Waals surface area contributed by atoms with Gasteiger partial charge in [0.1, 0.15) is 5.78 Å². The molecule has 0 spiro atoms. The third-order valence-electron chi connectivity index (χ3n) is 2.72.